The first kappa shape index (κ1) is 12.0. The summed E-state index contributed by atoms with van der Waals surface area (Å²) in [5.74, 6) is 0. The molecule has 0 fully saturated rings. The van der Waals surface area contributed by atoms with Crippen molar-refractivity contribution < 1.29 is 0 Å². The van der Waals surface area contributed by atoms with Gasteiger partial charge in [0.05, 0.1) is 5.52 Å². The lowest BCUT2D eigenvalue weighted by Gasteiger charge is -2.04. The van der Waals surface area contributed by atoms with Gasteiger partial charge < -0.3 is 9.55 Å². The number of hydrogen-bond acceptors (Lipinski definition) is 3. The Hall–Kier alpha value is -2.01. The molecule has 0 bridgehead atoms. The molecule has 0 aliphatic carbocycles. The van der Waals surface area contributed by atoms with Gasteiger partial charge in [0.15, 0.2) is 10.4 Å². The van der Waals surface area contributed by atoms with Crippen molar-refractivity contribution in [3.63, 3.8) is 0 Å². The number of aromatic nitrogens is 4. The van der Waals surface area contributed by atoms with Gasteiger partial charge in [-0.2, -0.15) is 0 Å². The Morgan fingerprint density at radius 2 is 2.21 bits per heavy atom. The van der Waals surface area contributed by atoms with Gasteiger partial charge in [0.2, 0.25) is 0 Å². The van der Waals surface area contributed by atoms with Crippen LogP contribution < -0.4 is 0 Å². The molecule has 3 heterocycles. The molecule has 4 nitrogen and oxygen atoms in total. The van der Waals surface area contributed by atoms with Crippen LogP contribution in [0.2, 0.25) is 0 Å². The van der Waals surface area contributed by atoms with Crippen molar-refractivity contribution in [2.75, 3.05) is 0 Å². The summed E-state index contributed by atoms with van der Waals surface area (Å²) >= 11 is 5.38. The molecular weight excluding hydrogens is 256 g/mol. The second-order valence-corrected chi connectivity index (χ2v) is 4.91. The summed E-state index contributed by atoms with van der Waals surface area (Å²) in [5.41, 5.74) is 4.32. The quantitative estimate of drug-likeness (QED) is 0.744. The Bertz CT molecular complexity index is 758. The Morgan fingerprint density at radius 1 is 1.32 bits per heavy atom. The molecule has 0 unspecified atom stereocenters. The molecule has 19 heavy (non-hydrogen) atoms. The molecule has 0 aromatic carbocycles. The SMILES string of the molecule is Cc1ccnc2c1[nH]c(=S)n2CCc1cccnc1. The van der Waals surface area contributed by atoms with Crippen molar-refractivity contribution in [3.8, 4) is 0 Å². The molecule has 0 saturated carbocycles. The molecule has 5 heteroatoms. The van der Waals surface area contributed by atoms with E-state index in [1.54, 1.807) is 6.20 Å². The van der Waals surface area contributed by atoms with Crippen molar-refractivity contribution in [2.45, 2.75) is 19.9 Å². The van der Waals surface area contributed by atoms with Crippen LogP contribution in [0.4, 0.5) is 0 Å². The average molecular weight is 270 g/mol. The number of fused-ring (bicyclic) bond motifs is 1. The summed E-state index contributed by atoms with van der Waals surface area (Å²) in [6.45, 7) is 2.86. The van der Waals surface area contributed by atoms with E-state index in [4.69, 9.17) is 12.2 Å². The highest BCUT2D eigenvalue weighted by atomic mass is 32.1. The molecule has 1 N–H and O–H groups in total. The Kier molecular flexibility index (Phi) is 3.13. The van der Waals surface area contributed by atoms with Crippen molar-refractivity contribution >= 4 is 23.4 Å². The van der Waals surface area contributed by atoms with Crippen LogP contribution in [-0.2, 0) is 13.0 Å². The van der Waals surface area contributed by atoms with Gasteiger partial charge >= 0.3 is 0 Å². The Balaban J connectivity index is 1.95. The van der Waals surface area contributed by atoms with Crippen molar-refractivity contribution in [1.82, 2.24) is 19.5 Å². The molecule has 0 amide bonds. The van der Waals surface area contributed by atoms with Gasteiger partial charge in [0.25, 0.3) is 0 Å². The van der Waals surface area contributed by atoms with E-state index in [2.05, 4.69) is 27.9 Å². The van der Waals surface area contributed by atoms with Crippen LogP contribution in [0.1, 0.15) is 11.1 Å². The highest BCUT2D eigenvalue weighted by molar-refractivity contribution is 7.71. The third-order valence-corrected chi connectivity index (χ3v) is 3.54. The van der Waals surface area contributed by atoms with Crippen LogP contribution in [0.5, 0.6) is 0 Å². The summed E-state index contributed by atoms with van der Waals surface area (Å²) in [6, 6.07) is 6.01. The number of rotatable bonds is 3. The van der Waals surface area contributed by atoms with E-state index in [0.717, 1.165) is 34.5 Å². The van der Waals surface area contributed by atoms with E-state index >= 15 is 0 Å². The minimum atomic E-state index is 0.723. The summed E-state index contributed by atoms with van der Waals surface area (Å²) in [7, 11) is 0. The molecule has 0 spiro atoms. The highest BCUT2D eigenvalue weighted by Crippen LogP contribution is 2.15. The van der Waals surface area contributed by atoms with Crippen molar-refractivity contribution in [2.24, 2.45) is 0 Å². The van der Waals surface area contributed by atoms with Crippen molar-refractivity contribution in [1.29, 1.82) is 0 Å². The van der Waals surface area contributed by atoms with Gasteiger partial charge in [0.1, 0.15) is 0 Å². The summed E-state index contributed by atoms with van der Waals surface area (Å²) in [4.78, 5) is 11.8. The topological polar surface area (TPSA) is 46.5 Å². The smallest absolute Gasteiger partial charge is 0.179 e. The number of aryl methyl sites for hydroxylation is 3. The van der Waals surface area contributed by atoms with Crippen LogP contribution >= 0.6 is 12.2 Å². The largest absolute Gasteiger partial charge is 0.329 e. The van der Waals surface area contributed by atoms with Crippen LogP contribution in [0, 0.1) is 11.7 Å². The molecule has 3 aromatic rings. The van der Waals surface area contributed by atoms with Crippen LogP contribution in [0.25, 0.3) is 11.2 Å². The second-order valence-electron chi connectivity index (χ2n) is 4.52. The number of imidazole rings is 1. The fourth-order valence-corrected chi connectivity index (χ4v) is 2.45. The summed E-state index contributed by atoms with van der Waals surface area (Å²) in [6.07, 6.45) is 6.38. The molecular formula is C14H14N4S. The van der Waals surface area contributed by atoms with E-state index in [-0.39, 0.29) is 0 Å². The molecule has 3 aromatic heterocycles. The zero-order chi connectivity index (χ0) is 13.2. The summed E-state index contributed by atoms with van der Waals surface area (Å²) < 4.78 is 2.77. The lowest BCUT2D eigenvalue weighted by Crippen LogP contribution is -2.02. The molecule has 96 valence electrons. The first-order valence-electron chi connectivity index (χ1n) is 6.19. The van der Waals surface area contributed by atoms with Gasteiger partial charge in [-0.25, -0.2) is 4.98 Å². The zero-order valence-corrected chi connectivity index (χ0v) is 11.4. The van der Waals surface area contributed by atoms with E-state index < -0.39 is 0 Å². The number of nitrogens with zero attached hydrogens (tertiary/aromatic N) is 3. The standard InChI is InChI=1S/C14H14N4S/c1-10-4-7-16-13-12(10)17-14(19)18(13)8-5-11-3-2-6-15-9-11/h2-4,6-7,9H,5,8H2,1H3,(H,17,19). The molecule has 0 atom stereocenters. The molecule has 3 rings (SSSR count). The fourth-order valence-electron chi connectivity index (χ4n) is 2.17. The first-order valence-corrected chi connectivity index (χ1v) is 6.59. The van der Waals surface area contributed by atoms with E-state index in [9.17, 15) is 0 Å². The Morgan fingerprint density at radius 3 is 3.00 bits per heavy atom. The van der Waals surface area contributed by atoms with Gasteiger partial charge in [-0.1, -0.05) is 6.07 Å². The third kappa shape index (κ3) is 2.29. The van der Waals surface area contributed by atoms with Crippen molar-refractivity contribution in [3.05, 3.63) is 52.7 Å². The number of pyridine rings is 2. The maximum Gasteiger partial charge on any atom is 0.179 e. The summed E-state index contributed by atoms with van der Waals surface area (Å²) in [5, 5.41) is 0. The lowest BCUT2D eigenvalue weighted by molar-refractivity contribution is 0.699. The van der Waals surface area contributed by atoms with E-state index in [0.29, 0.717) is 0 Å². The van der Waals surface area contributed by atoms with E-state index in [1.807, 2.05) is 29.1 Å². The van der Waals surface area contributed by atoms with Gasteiger partial charge in [0, 0.05) is 25.1 Å². The lowest BCUT2D eigenvalue weighted by atomic mass is 10.2. The average Bonchev–Trinajstić information content (AvgIpc) is 2.75. The predicted molar refractivity (Wildman–Crippen MR) is 77.6 cm³/mol. The van der Waals surface area contributed by atoms with Crippen LogP contribution in [-0.4, -0.2) is 19.5 Å². The van der Waals surface area contributed by atoms with Gasteiger partial charge in [-0.05, 0) is 48.8 Å². The Labute approximate surface area is 116 Å². The van der Waals surface area contributed by atoms with Gasteiger partial charge in [-0.3, -0.25) is 4.98 Å². The van der Waals surface area contributed by atoms with Crippen LogP contribution in [0.3, 0.4) is 0 Å². The normalized spacial score (nSPS) is 11.0. The van der Waals surface area contributed by atoms with Crippen LogP contribution in [0.15, 0.2) is 36.8 Å². The minimum Gasteiger partial charge on any atom is -0.329 e. The number of aromatic amines is 1. The highest BCUT2D eigenvalue weighted by Gasteiger charge is 2.07. The number of H-pyrrole nitrogens is 1. The maximum atomic E-state index is 5.38. The first-order chi connectivity index (χ1) is 9.25. The number of nitrogens with one attached hydrogen (secondary N) is 1. The number of hydrogen-bond donors (Lipinski definition) is 1. The molecule has 0 aliphatic rings. The third-order valence-electron chi connectivity index (χ3n) is 3.22. The monoisotopic (exact) mass is 270 g/mol. The maximum absolute atomic E-state index is 5.38. The molecule has 0 saturated heterocycles. The predicted octanol–water partition coefficient (Wildman–Crippen LogP) is 3.04. The van der Waals surface area contributed by atoms with Gasteiger partial charge in [-0.15, -0.1) is 0 Å². The molecule has 0 radical (unpaired) electrons. The zero-order valence-electron chi connectivity index (χ0n) is 10.6. The molecule has 0 aliphatic heterocycles. The minimum absolute atomic E-state index is 0.723. The second kappa shape index (κ2) is 4.93. The fraction of sp³-hybridized carbons (Fsp3) is 0.214. The van der Waals surface area contributed by atoms with E-state index in [1.165, 1.54) is 5.56 Å².